The molecular formula is C24H18FN5O2S. The van der Waals surface area contributed by atoms with Crippen LogP contribution in [0.4, 0.5) is 15.8 Å². The van der Waals surface area contributed by atoms with Gasteiger partial charge in [-0.2, -0.15) is 0 Å². The number of aromatic nitrogens is 2. The van der Waals surface area contributed by atoms with Gasteiger partial charge in [0.1, 0.15) is 11.9 Å². The zero-order valence-electron chi connectivity index (χ0n) is 17.2. The Bertz CT molecular complexity index is 1330. The fraction of sp³-hybridized carbons (Fsp3) is 0.0833. The van der Waals surface area contributed by atoms with Crippen molar-refractivity contribution in [1.29, 1.82) is 0 Å². The first-order valence-electron chi connectivity index (χ1n) is 10.2. The van der Waals surface area contributed by atoms with Crippen LogP contribution in [0.5, 0.6) is 0 Å². The molecule has 1 saturated heterocycles. The van der Waals surface area contributed by atoms with E-state index in [4.69, 9.17) is 12.2 Å². The number of pyridine rings is 1. The average molecular weight is 460 g/mol. The predicted octanol–water partition coefficient (Wildman–Crippen LogP) is 5.10. The number of thiocarbonyl (C=S) groups is 1. The van der Waals surface area contributed by atoms with Gasteiger partial charge in [0, 0.05) is 35.9 Å². The van der Waals surface area contributed by atoms with Gasteiger partial charge in [0.25, 0.3) is 5.69 Å². The molecule has 0 radical (unpaired) electrons. The minimum absolute atomic E-state index is 0.00360. The highest BCUT2D eigenvalue weighted by atomic mass is 32.1. The minimum atomic E-state index is -0.416. The molecule has 2 aromatic carbocycles. The SMILES string of the molecule is O=[N+]([O-])c1cccc(-n2cccc2C2C(c3ccccn3)NC(=S)N2c2ccc(F)cc2)c1. The van der Waals surface area contributed by atoms with Crippen LogP contribution in [-0.2, 0) is 0 Å². The number of non-ortho nitro benzene ring substituents is 1. The third kappa shape index (κ3) is 3.83. The molecule has 0 saturated carbocycles. The Hall–Kier alpha value is -4.11. The first-order valence-corrected chi connectivity index (χ1v) is 10.6. The van der Waals surface area contributed by atoms with E-state index in [-0.39, 0.29) is 23.6 Å². The molecular weight excluding hydrogens is 441 g/mol. The van der Waals surface area contributed by atoms with Crippen LogP contribution < -0.4 is 10.2 Å². The topological polar surface area (TPSA) is 76.2 Å². The number of halogens is 1. The summed E-state index contributed by atoms with van der Waals surface area (Å²) >= 11 is 5.69. The maximum absolute atomic E-state index is 13.6. The van der Waals surface area contributed by atoms with Gasteiger partial charge < -0.3 is 14.8 Å². The zero-order chi connectivity index (χ0) is 22.9. The normalized spacial score (nSPS) is 17.7. The molecule has 1 aliphatic heterocycles. The highest BCUT2D eigenvalue weighted by molar-refractivity contribution is 7.80. The van der Waals surface area contributed by atoms with E-state index in [1.807, 2.05) is 52.1 Å². The van der Waals surface area contributed by atoms with Crippen molar-refractivity contribution < 1.29 is 9.31 Å². The number of anilines is 1. The summed E-state index contributed by atoms with van der Waals surface area (Å²) in [5.41, 5.74) is 3.03. The van der Waals surface area contributed by atoms with Crippen LogP contribution in [0.15, 0.2) is 91.3 Å². The zero-order valence-corrected chi connectivity index (χ0v) is 18.0. The lowest BCUT2D eigenvalue weighted by Gasteiger charge is -2.29. The van der Waals surface area contributed by atoms with E-state index in [2.05, 4.69) is 10.3 Å². The summed E-state index contributed by atoms with van der Waals surface area (Å²) in [5, 5.41) is 15.2. The van der Waals surface area contributed by atoms with Crippen molar-refractivity contribution in [3.05, 3.63) is 119 Å². The van der Waals surface area contributed by atoms with Crippen LogP contribution >= 0.6 is 12.2 Å². The Labute approximate surface area is 194 Å². The Kier molecular flexibility index (Phi) is 5.31. The summed E-state index contributed by atoms with van der Waals surface area (Å²) in [5.74, 6) is -0.338. The van der Waals surface area contributed by atoms with Crippen molar-refractivity contribution in [3.8, 4) is 5.69 Å². The highest BCUT2D eigenvalue weighted by Gasteiger charge is 2.42. The van der Waals surface area contributed by atoms with Crippen molar-refractivity contribution in [2.24, 2.45) is 0 Å². The number of hydrogen-bond acceptors (Lipinski definition) is 4. The number of nitro groups is 1. The first kappa shape index (κ1) is 20.8. The summed E-state index contributed by atoms with van der Waals surface area (Å²) in [7, 11) is 0. The summed E-state index contributed by atoms with van der Waals surface area (Å²) in [4.78, 5) is 17.4. The molecule has 3 heterocycles. The van der Waals surface area contributed by atoms with Crippen LogP contribution in [-0.4, -0.2) is 19.6 Å². The van der Waals surface area contributed by atoms with Crippen LogP contribution in [0.3, 0.4) is 0 Å². The molecule has 1 N–H and O–H groups in total. The van der Waals surface area contributed by atoms with Crippen LogP contribution in [0.1, 0.15) is 23.5 Å². The van der Waals surface area contributed by atoms with E-state index in [9.17, 15) is 14.5 Å². The third-order valence-corrected chi connectivity index (χ3v) is 5.92. The Morgan fingerprint density at radius 1 is 1.00 bits per heavy atom. The van der Waals surface area contributed by atoms with E-state index in [0.717, 1.165) is 17.1 Å². The lowest BCUT2D eigenvalue weighted by Crippen LogP contribution is -2.30. The van der Waals surface area contributed by atoms with Crippen molar-refractivity contribution in [1.82, 2.24) is 14.9 Å². The fourth-order valence-electron chi connectivity index (χ4n) is 4.16. The van der Waals surface area contributed by atoms with Gasteiger partial charge >= 0.3 is 0 Å². The number of nitrogens with one attached hydrogen (secondary N) is 1. The van der Waals surface area contributed by atoms with Crippen molar-refractivity contribution in [3.63, 3.8) is 0 Å². The van der Waals surface area contributed by atoms with Crippen molar-refractivity contribution >= 4 is 28.7 Å². The summed E-state index contributed by atoms with van der Waals surface area (Å²) < 4.78 is 15.5. The van der Waals surface area contributed by atoms with Gasteiger partial charge in [-0.15, -0.1) is 0 Å². The molecule has 0 spiro atoms. The second-order valence-electron chi connectivity index (χ2n) is 7.55. The standard InChI is InChI=1S/C24H18FN5O2S/c25-16-9-11-17(12-10-16)29-23(22(27-24(29)33)20-7-1-2-13-26-20)21-8-4-14-28(21)18-5-3-6-19(15-18)30(31)32/h1-15,22-23H,(H,27,33). The largest absolute Gasteiger partial charge is 0.351 e. The quantitative estimate of drug-likeness (QED) is 0.254. The van der Waals surface area contributed by atoms with E-state index in [1.54, 1.807) is 24.4 Å². The van der Waals surface area contributed by atoms with Gasteiger partial charge in [-0.3, -0.25) is 15.1 Å². The molecule has 2 atom stereocenters. The number of hydrogen-bond donors (Lipinski definition) is 1. The molecule has 1 fully saturated rings. The molecule has 2 unspecified atom stereocenters. The summed E-state index contributed by atoms with van der Waals surface area (Å²) in [6.45, 7) is 0. The van der Waals surface area contributed by atoms with E-state index in [0.29, 0.717) is 10.8 Å². The Balaban J connectivity index is 1.66. The molecule has 7 nitrogen and oxygen atoms in total. The maximum atomic E-state index is 13.6. The van der Waals surface area contributed by atoms with Gasteiger partial charge in [-0.1, -0.05) is 12.1 Å². The lowest BCUT2D eigenvalue weighted by atomic mass is 10.0. The number of rotatable bonds is 5. The first-order chi connectivity index (χ1) is 16.0. The molecule has 2 aromatic heterocycles. The maximum Gasteiger partial charge on any atom is 0.271 e. The second kappa shape index (κ2) is 8.44. The number of nitrogens with zero attached hydrogens (tertiary/aromatic N) is 4. The lowest BCUT2D eigenvalue weighted by molar-refractivity contribution is -0.384. The second-order valence-corrected chi connectivity index (χ2v) is 7.94. The van der Waals surface area contributed by atoms with E-state index in [1.165, 1.54) is 24.3 Å². The van der Waals surface area contributed by atoms with Gasteiger partial charge in [-0.25, -0.2) is 4.39 Å². The molecule has 0 aliphatic carbocycles. The van der Waals surface area contributed by atoms with Gasteiger partial charge in [0.15, 0.2) is 5.11 Å². The summed E-state index contributed by atoms with van der Waals surface area (Å²) in [6.07, 6.45) is 3.57. The number of nitro benzene ring substituents is 1. The molecule has 9 heteroatoms. The van der Waals surface area contributed by atoms with Gasteiger partial charge in [0.05, 0.1) is 22.3 Å². The van der Waals surface area contributed by atoms with E-state index < -0.39 is 4.92 Å². The Morgan fingerprint density at radius 2 is 1.82 bits per heavy atom. The van der Waals surface area contributed by atoms with Crippen molar-refractivity contribution in [2.75, 3.05) is 4.90 Å². The van der Waals surface area contributed by atoms with Crippen LogP contribution in [0.25, 0.3) is 5.69 Å². The van der Waals surface area contributed by atoms with Crippen LogP contribution in [0, 0.1) is 15.9 Å². The van der Waals surface area contributed by atoms with Crippen molar-refractivity contribution in [2.45, 2.75) is 12.1 Å². The molecule has 0 amide bonds. The molecule has 1 aliphatic rings. The minimum Gasteiger partial charge on any atom is -0.351 e. The molecule has 5 rings (SSSR count). The monoisotopic (exact) mass is 459 g/mol. The third-order valence-electron chi connectivity index (χ3n) is 5.60. The number of benzene rings is 2. The van der Waals surface area contributed by atoms with Gasteiger partial charge in [0.2, 0.25) is 0 Å². The van der Waals surface area contributed by atoms with E-state index >= 15 is 0 Å². The predicted molar refractivity (Wildman–Crippen MR) is 127 cm³/mol. The van der Waals surface area contributed by atoms with Crippen LogP contribution in [0.2, 0.25) is 0 Å². The molecule has 4 aromatic rings. The smallest absolute Gasteiger partial charge is 0.271 e. The molecule has 164 valence electrons. The Morgan fingerprint density at radius 3 is 2.55 bits per heavy atom. The fourth-order valence-corrected chi connectivity index (χ4v) is 4.51. The molecule has 33 heavy (non-hydrogen) atoms. The average Bonchev–Trinajstić information content (AvgIpc) is 3.44. The molecule has 0 bridgehead atoms. The highest BCUT2D eigenvalue weighted by Crippen LogP contribution is 2.42. The summed E-state index contributed by atoms with van der Waals surface area (Å²) in [6, 6.07) is 21.5. The van der Waals surface area contributed by atoms with Gasteiger partial charge in [-0.05, 0) is 66.8 Å².